The fourth-order valence-corrected chi connectivity index (χ4v) is 1.31. The van der Waals surface area contributed by atoms with Crippen LogP contribution in [0.5, 0.6) is 0 Å². The largest absolute Gasteiger partial charge is 0.339 e. The maximum Gasteiger partial charge on any atom is 0.246 e. The van der Waals surface area contributed by atoms with Crippen LogP contribution in [0.3, 0.4) is 0 Å². The van der Waals surface area contributed by atoms with E-state index in [2.05, 4.69) is 0 Å². The highest BCUT2D eigenvalue weighted by molar-refractivity contribution is 6.19. The molecule has 1 rings (SSSR count). The number of hydrogen-bond acceptors (Lipinski definition) is 1. The van der Waals surface area contributed by atoms with E-state index in [0.29, 0.717) is 11.9 Å². The molecule has 0 N–H and O–H groups in total. The molecule has 0 spiro atoms. The van der Waals surface area contributed by atoms with Crippen LogP contribution in [-0.2, 0) is 4.79 Å². The van der Waals surface area contributed by atoms with E-state index in [9.17, 15) is 4.79 Å². The summed E-state index contributed by atoms with van der Waals surface area (Å²) in [6.07, 6.45) is 6.78. The number of carbonyl (C=O) groups is 1. The van der Waals surface area contributed by atoms with Crippen molar-refractivity contribution in [3.05, 3.63) is 12.2 Å². The second kappa shape index (κ2) is 4.51. The zero-order valence-electron chi connectivity index (χ0n) is 7.29. The standard InChI is InChI=1S/C9H14ClNO/c1-11(8-4-2-5-8)9(12)6-3-7-10/h3,6,8H,2,4-5,7H2,1H3/b6-3+. The van der Waals surface area contributed by atoms with Gasteiger partial charge in [0.25, 0.3) is 0 Å². The van der Waals surface area contributed by atoms with Crippen molar-refractivity contribution in [3.63, 3.8) is 0 Å². The van der Waals surface area contributed by atoms with Gasteiger partial charge in [0.05, 0.1) is 0 Å². The maximum absolute atomic E-state index is 11.3. The molecule has 1 aliphatic rings. The van der Waals surface area contributed by atoms with Crippen LogP contribution in [-0.4, -0.2) is 29.8 Å². The monoisotopic (exact) mass is 187 g/mol. The predicted octanol–water partition coefficient (Wildman–Crippen LogP) is 1.79. The van der Waals surface area contributed by atoms with Gasteiger partial charge in [0, 0.05) is 25.0 Å². The summed E-state index contributed by atoms with van der Waals surface area (Å²) in [5.41, 5.74) is 0. The first kappa shape index (κ1) is 9.59. The molecule has 0 aliphatic heterocycles. The lowest BCUT2D eigenvalue weighted by Crippen LogP contribution is -2.40. The van der Waals surface area contributed by atoms with Crippen LogP contribution in [0.15, 0.2) is 12.2 Å². The summed E-state index contributed by atoms with van der Waals surface area (Å²) in [7, 11) is 1.85. The fraction of sp³-hybridized carbons (Fsp3) is 0.667. The minimum Gasteiger partial charge on any atom is -0.339 e. The SMILES string of the molecule is CN(C(=O)/C=C/CCl)C1CCC1. The maximum atomic E-state index is 11.3. The Bertz CT molecular complexity index is 187. The Morgan fingerprint density at radius 3 is 2.75 bits per heavy atom. The molecule has 1 aliphatic carbocycles. The third-order valence-corrected chi connectivity index (χ3v) is 2.50. The van der Waals surface area contributed by atoms with Crippen molar-refractivity contribution >= 4 is 17.5 Å². The van der Waals surface area contributed by atoms with Crippen LogP contribution in [0.1, 0.15) is 19.3 Å². The van der Waals surface area contributed by atoms with Crippen molar-refractivity contribution in [1.82, 2.24) is 4.90 Å². The molecule has 1 fully saturated rings. The first-order valence-electron chi connectivity index (χ1n) is 4.25. The van der Waals surface area contributed by atoms with Crippen molar-refractivity contribution < 1.29 is 4.79 Å². The zero-order valence-corrected chi connectivity index (χ0v) is 8.05. The number of alkyl halides is 1. The van der Waals surface area contributed by atoms with Crippen molar-refractivity contribution in [2.45, 2.75) is 25.3 Å². The molecule has 0 bridgehead atoms. The second-order valence-electron chi connectivity index (χ2n) is 3.09. The van der Waals surface area contributed by atoms with Gasteiger partial charge in [-0.25, -0.2) is 0 Å². The number of likely N-dealkylation sites (N-methyl/N-ethyl adjacent to an activating group) is 1. The van der Waals surface area contributed by atoms with Crippen LogP contribution >= 0.6 is 11.6 Å². The Labute approximate surface area is 78.2 Å². The van der Waals surface area contributed by atoms with E-state index in [1.54, 1.807) is 17.1 Å². The lowest BCUT2D eigenvalue weighted by molar-refractivity contribution is -0.128. The van der Waals surface area contributed by atoms with Gasteiger partial charge in [-0.15, -0.1) is 11.6 Å². The molecule has 1 amide bonds. The van der Waals surface area contributed by atoms with Gasteiger partial charge in [-0.2, -0.15) is 0 Å². The van der Waals surface area contributed by atoms with Gasteiger partial charge in [0.15, 0.2) is 0 Å². The normalized spacial score (nSPS) is 17.8. The fourth-order valence-electron chi connectivity index (χ4n) is 1.22. The molecule has 1 saturated carbocycles. The quantitative estimate of drug-likeness (QED) is 0.488. The van der Waals surface area contributed by atoms with E-state index in [-0.39, 0.29) is 5.91 Å². The average Bonchev–Trinajstić information content (AvgIpc) is 1.96. The number of carbonyl (C=O) groups excluding carboxylic acids is 1. The molecule has 0 radical (unpaired) electrons. The first-order chi connectivity index (χ1) is 5.75. The summed E-state index contributed by atoms with van der Waals surface area (Å²) in [6.45, 7) is 0. The van der Waals surface area contributed by atoms with Crippen molar-refractivity contribution in [2.24, 2.45) is 0 Å². The lowest BCUT2D eigenvalue weighted by atomic mass is 9.92. The molecule has 12 heavy (non-hydrogen) atoms. The Morgan fingerprint density at radius 2 is 2.33 bits per heavy atom. The molecule has 68 valence electrons. The molecule has 0 heterocycles. The van der Waals surface area contributed by atoms with Crippen LogP contribution in [0.4, 0.5) is 0 Å². The first-order valence-corrected chi connectivity index (χ1v) is 4.78. The van der Waals surface area contributed by atoms with Gasteiger partial charge < -0.3 is 4.90 Å². The Hall–Kier alpha value is -0.500. The second-order valence-corrected chi connectivity index (χ2v) is 3.40. The van der Waals surface area contributed by atoms with E-state index in [4.69, 9.17) is 11.6 Å². The van der Waals surface area contributed by atoms with Crippen molar-refractivity contribution in [2.75, 3.05) is 12.9 Å². The summed E-state index contributed by atoms with van der Waals surface area (Å²) < 4.78 is 0. The zero-order chi connectivity index (χ0) is 8.97. The van der Waals surface area contributed by atoms with E-state index in [1.165, 1.54) is 6.42 Å². The highest BCUT2D eigenvalue weighted by atomic mass is 35.5. The summed E-state index contributed by atoms with van der Waals surface area (Å²) in [5.74, 6) is 0.477. The van der Waals surface area contributed by atoms with Crippen LogP contribution in [0.2, 0.25) is 0 Å². The van der Waals surface area contributed by atoms with E-state index in [1.807, 2.05) is 7.05 Å². The number of rotatable bonds is 3. The van der Waals surface area contributed by atoms with E-state index in [0.717, 1.165) is 12.8 Å². The van der Waals surface area contributed by atoms with E-state index < -0.39 is 0 Å². The highest BCUT2D eigenvalue weighted by Crippen LogP contribution is 2.23. The van der Waals surface area contributed by atoms with Crippen LogP contribution in [0, 0.1) is 0 Å². The number of nitrogens with zero attached hydrogens (tertiary/aromatic N) is 1. The Morgan fingerprint density at radius 1 is 1.67 bits per heavy atom. The topological polar surface area (TPSA) is 20.3 Å². The molecular weight excluding hydrogens is 174 g/mol. The van der Waals surface area contributed by atoms with Gasteiger partial charge in [0.2, 0.25) is 5.91 Å². The average molecular weight is 188 g/mol. The molecule has 0 saturated heterocycles. The number of amides is 1. The molecule has 0 aromatic rings. The molecule has 0 unspecified atom stereocenters. The van der Waals surface area contributed by atoms with Gasteiger partial charge in [-0.3, -0.25) is 4.79 Å². The molecule has 0 aromatic carbocycles. The van der Waals surface area contributed by atoms with E-state index >= 15 is 0 Å². The van der Waals surface area contributed by atoms with Crippen LogP contribution < -0.4 is 0 Å². The summed E-state index contributed by atoms with van der Waals surface area (Å²) in [4.78, 5) is 13.1. The van der Waals surface area contributed by atoms with Crippen molar-refractivity contribution in [1.29, 1.82) is 0 Å². The van der Waals surface area contributed by atoms with Gasteiger partial charge in [-0.1, -0.05) is 6.08 Å². The van der Waals surface area contributed by atoms with Crippen LogP contribution in [0.25, 0.3) is 0 Å². The van der Waals surface area contributed by atoms with Gasteiger partial charge in [0.1, 0.15) is 0 Å². The minimum absolute atomic E-state index is 0.0698. The molecular formula is C9H14ClNO. The highest BCUT2D eigenvalue weighted by Gasteiger charge is 2.23. The lowest BCUT2D eigenvalue weighted by Gasteiger charge is -2.34. The van der Waals surface area contributed by atoms with Crippen molar-refractivity contribution in [3.8, 4) is 0 Å². The number of halogens is 1. The summed E-state index contributed by atoms with van der Waals surface area (Å²) >= 11 is 5.42. The summed E-state index contributed by atoms with van der Waals surface area (Å²) in [5, 5.41) is 0. The molecule has 2 nitrogen and oxygen atoms in total. The summed E-state index contributed by atoms with van der Waals surface area (Å²) in [6, 6.07) is 0.470. The van der Waals surface area contributed by atoms with Gasteiger partial charge >= 0.3 is 0 Å². The minimum atomic E-state index is 0.0698. The molecule has 0 atom stereocenters. The smallest absolute Gasteiger partial charge is 0.246 e. The molecule has 0 aromatic heterocycles. The third-order valence-electron chi connectivity index (χ3n) is 2.32. The Balaban J connectivity index is 2.34. The Kier molecular flexibility index (Phi) is 3.60. The molecule has 3 heteroatoms. The van der Waals surface area contributed by atoms with Gasteiger partial charge in [-0.05, 0) is 19.3 Å². The number of allylic oxidation sites excluding steroid dienone is 1. The number of hydrogen-bond donors (Lipinski definition) is 0. The predicted molar refractivity (Wildman–Crippen MR) is 50.3 cm³/mol. The third kappa shape index (κ3) is 2.24.